The Hall–Kier alpha value is -3.83. The summed E-state index contributed by atoms with van der Waals surface area (Å²) in [5, 5.41) is 29.2. The maximum Gasteiger partial charge on any atom is 0.394 e. The van der Waals surface area contributed by atoms with Crippen molar-refractivity contribution in [2.24, 2.45) is 0 Å². The highest BCUT2D eigenvalue weighted by atomic mass is 16.5. The van der Waals surface area contributed by atoms with E-state index in [-0.39, 0.29) is 17.2 Å². The number of benzene rings is 1. The average molecular weight is 293 g/mol. The molecule has 0 saturated carbocycles. The third kappa shape index (κ3) is 2.69. The van der Waals surface area contributed by atoms with Gasteiger partial charge >= 0.3 is 11.9 Å². The summed E-state index contributed by atoms with van der Waals surface area (Å²) in [7, 11) is 1.21. The number of oxazole rings is 1. The van der Waals surface area contributed by atoms with E-state index in [1.165, 1.54) is 19.2 Å². The van der Waals surface area contributed by atoms with E-state index in [4.69, 9.17) is 20.2 Å². The summed E-state index contributed by atoms with van der Waals surface area (Å²) in [6.07, 6.45) is 0. The first-order valence-electron chi connectivity index (χ1n) is 5.83. The quantitative estimate of drug-likeness (QED) is 0.668. The van der Waals surface area contributed by atoms with Gasteiger partial charge in [-0.05, 0) is 18.2 Å². The first-order valence-corrected chi connectivity index (χ1v) is 5.83. The fourth-order valence-electron chi connectivity index (χ4n) is 1.61. The number of methoxy groups -OCH3 is 1. The second-order valence-corrected chi connectivity index (χ2v) is 3.90. The van der Waals surface area contributed by atoms with Crippen LogP contribution in [0.15, 0.2) is 33.9 Å². The molecule has 0 amide bonds. The van der Waals surface area contributed by atoms with Crippen molar-refractivity contribution in [3.05, 3.63) is 35.4 Å². The Morgan fingerprint density at radius 2 is 2.00 bits per heavy atom. The lowest BCUT2D eigenvalue weighted by molar-refractivity contribution is 0.0558. The molecular weight excluding hydrogens is 286 g/mol. The molecule has 0 aliphatic heterocycles. The molecule has 1 heterocycles. The van der Waals surface area contributed by atoms with Crippen LogP contribution in [0.5, 0.6) is 0 Å². The molecule has 0 saturated heterocycles. The highest BCUT2D eigenvalue weighted by Crippen LogP contribution is 2.21. The lowest BCUT2D eigenvalue weighted by Gasteiger charge is -2.03. The molecule has 1 N–H and O–H groups in total. The number of anilines is 1. The zero-order chi connectivity index (χ0) is 16.1. The Labute approximate surface area is 124 Å². The number of nitriles is 3. The predicted molar refractivity (Wildman–Crippen MR) is 72.8 cm³/mol. The van der Waals surface area contributed by atoms with Gasteiger partial charge in [-0.2, -0.15) is 15.8 Å². The fraction of sp³-hybridized carbons (Fsp3) is 0.0714. The van der Waals surface area contributed by atoms with E-state index in [9.17, 15) is 4.79 Å². The second-order valence-electron chi connectivity index (χ2n) is 3.90. The van der Waals surface area contributed by atoms with Gasteiger partial charge in [-0.3, -0.25) is 0 Å². The number of nitrogens with one attached hydrogen (secondary N) is 1. The standard InChI is InChI=1S/C14H7N5O3/c1-21-14(20)13-19-10-4-9(2-3-12(10)22-13)18-11(7-17)8(5-15)6-16/h2-4,18H,1H3. The van der Waals surface area contributed by atoms with Crippen molar-refractivity contribution in [2.75, 3.05) is 12.4 Å². The Morgan fingerprint density at radius 1 is 1.27 bits per heavy atom. The Morgan fingerprint density at radius 3 is 2.59 bits per heavy atom. The predicted octanol–water partition coefficient (Wildman–Crippen LogP) is 1.85. The third-order valence-corrected chi connectivity index (χ3v) is 2.60. The van der Waals surface area contributed by atoms with E-state index in [0.717, 1.165) is 0 Å². The molecule has 22 heavy (non-hydrogen) atoms. The highest BCUT2D eigenvalue weighted by molar-refractivity contribution is 5.89. The van der Waals surface area contributed by atoms with Gasteiger partial charge < -0.3 is 14.5 Å². The molecule has 0 fully saturated rings. The normalized spacial score (nSPS) is 9.18. The largest absolute Gasteiger partial charge is 0.462 e. The molecule has 1 aromatic carbocycles. The number of ether oxygens (including phenoxy) is 1. The monoisotopic (exact) mass is 293 g/mol. The van der Waals surface area contributed by atoms with Crippen molar-refractivity contribution in [1.82, 2.24) is 4.98 Å². The Balaban J connectivity index is 2.41. The summed E-state index contributed by atoms with van der Waals surface area (Å²) in [6.45, 7) is 0. The van der Waals surface area contributed by atoms with Gasteiger partial charge in [0.05, 0.1) is 7.11 Å². The van der Waals surface area contributed by atoms with Gasteiger partial charge in [-0.1, -0.05) is 0 Å². The smallest absolute Gasteiger partial charge is 0.394 e. The van der Waals surface area contributed by atoms with E-state index in [2.05, 4.69) is 15.0 Å². The zero-order valence-corrected chi connectivity index (χ0v) is 11.2. The van der Waals surface area contributed by atoms with Crippen molar-refractivity contribution in [2.45, 2.75) is 0 Å². The molecule has 106 valence electrons. The van der Waals surface area contributed by atoms with Gasteiger partial charge in [0.2, 0.25) is 0 Å². The number of esters is 1. The van der Waals surface area contributed by atoms with Crippen LogP contribution in [0.4, 0.5) is 5.69 Å². The Bertz CT molecular complexity index is 889. The van der Waals surface area contributed by atoms with Crippen LogP contribution in [0.1, 0.15) is 10.7 Å². The molecule has 0 radical (unpaired) electrons. The van der Waals surface area contributed by atoms with Gasteiger partial charge in [0, 0.05) is 5.69 Å². The van der Waals surface area contributed by atoms with Gasteiger partial charge in [0.15, 0.2) is 11.2 Å². The maximum atomic E-state index is 11.3. The van der Waals surface area contributed by atoms with E-state index >= 15 is 0 Å². The van der Waals surface area contributed by atoms with Crippen LogP contribution < -0.4 is 5.32 Å². The zero-order valence-electron chi connectivity index (χ0n) is 11.2. The summed E-state index contributed by atoms with van der Waals surface area (Å²) in [6, 6.07) is 9.58. The lowest BCUT2D eigenvalue weighted by Crippen LogP contribution is -2.01. The first kappa shape index (κ1) is 14.6. The molecule has 2 rings (SSSR count). The topological polar surface area (TPSA) is 136 Å². The van der Waals surface area contributed by atoms with Crippen LogP contribution in [-0.4, -0.2) is 18.1 Å². The minimum absolute atomic E-state index is 0.180. The van der Waals surface area contributed by atoms with Crippen molar-refractivity contribution in [3.63, 3.8) is 0 Å². The summed E-state index contributed by atoms with van der Waals surface area (Å²) >= 11 is 0. The molecule has 8 heteroatoms. The lowest BCUT2D eigenvalue weighted by atomic mass is 10.2. The number of allylic oxidation sites excluding steroid dienone is 2. The first-order chi connectivity index (χ1) is 10.6. The maximum absolute atomic E-state index is 11.3. The van der Waals surface area contributed by atoms with E-state index < -0.39 is 5.97 Å². The van der Waals surface area contributed by atoms with Crippen LogP contribution in [0, 0.1) is 34.0 Å². The van der Waals surface area contributed by atoms with Crippen molar-refractivity contribution < 1.29 is 13.9 Å². The van der Waals surface area contributed by atoms with Gasteiger partial charge in [-0.15, -0.1) is 0 Å². The molecule has 8 nitrogen and oxygen atoms in total. The minimum Gasteiger partial charge on any atom is -0.462 e. The number of aromatic nitrogens is 1. The molecular formula is C14H7N5O3. The second kappa shape index (κ2) is 6.08. The van der Waals surface area contributed by atoms with Crippen LogP contribution >= 0.6 is 0 Å². The van der Waals surface area contributed by atoms with E-state index in [1.54, 1.807) is 24.3 Å². The van der Waals surface area contributed by atoms with Gasteiger partial charge in [0.1, 0.15) is 29.4 Å². The number of carbonyl (C=O) groups is 1. The minimum atomic E-state index is -0.709. The number of rotatable bonds is 3. The van der Waals surface area contributed by atoms with Crippen molar-refractivity contribution >= 4 is 22.8 Å². The number of hydrogen-bond acceptors (Lipinski definition) is 8. The number of nitrogens with zero attached hydrogens (tertiary/aromatic N) is 4. The van der Waals surface area contributed by atoms with Crippen LogP contribution in [0.25, 0.3) is 11.1 Å². The highest BCUT2D eigenvalue weighted by Gasteiger charge is 2.15. The average Bonchev–Trinajstić information content (AvgIpc) is 2.97. The summed E-state index contributed by atoms with van der Waals surface area (Å²) in [4.78, 5) is 15.3. The van der Waals surface area contributed by atoms with Crippen LogP contribution in [0.3, 0.4) is 0 Å². The third-order valence-electron chi connectivity index (χ3n) is 2.60. The molecule has 0 atom stereocenters. The van der Waals surface area contributed by atoms with Crippen LogP contribution in [0.2, 0.25) is 0 Å². The molecule has 0 bridgehead atoms. The van der Waals surface area contributed by atoms with Crippen molar-refractivity contribution in [1.29, 1.82) is 15.8 Å². The van der Waals surface area contributed by atoms with E-state index in [1.807, 2.05) is 0 Å². The molecule has 0 aliphatic rings. The van der Waals surface area contributed by atoms with Gasteiger partial charge in [0.25, 0.3) is 0 Å². The molecule has 0 unspecified atom stereocenters. The number of hydrogen-bond donors (Lipinski definition) is 1. The summed E-state index contributed by atoms with van der Waals surface area (Å²) in [5.41, 5.74) is 0.614. The summed E-state index contributed by atoms with van der Waals surface area (Å²) in [5.74, 6) is -0.903. The molecule has 0 spiro atoms. The number of fused-ring (bicyclic) bond motifs is 1. The van der Waals surface area contributed by atoms with Crippen LogP contribution in [-0.2, 0) is 4.74 Å². The fourth-order valence-corrected chi connectivity index (χ4v) is 1.61. The van der Waals surface area contributed by atoms with Crippen molar-refractivity contribution in [3.8, 4) is 18.2 Å². The molecule has 2 aromatic rings. The molecule has 1 aromatic heterocycles. The number of carbonyl (C=O) groups excluding carboxylic acids is 1. The Kier molecular flexibility index (Phi) is 4.03. The molecule has 0 aliphatic carbocycles. The SMILES string of the molecule is COC(=O)c1nc2cc(NC(C#N)=C(C#N)C#N)ccc2o1. The summed E-state index contributed by atoms with van der Waals surface area (Å²) < 4.78 is 9.71. The van der Waals surface area contributed by atoms with Gasteiger partial charge in [-0.25, -0.2) is 9.78 Å². The van der Waals surface area contributed by atoms with E-state index in [0.29, 0.717) is 16.8 Å².